The Morgan fingerprint density at radius 3 is 1.16 bits per heavy atom. The van der Waals surface area contributed by atoms with Crippen molar-refractivity contribution in [1.29, 1.82) is 0 Å². The van der Waals surface area contributed by atoms with Crippen LogP contribution in [0.2, 0.25) is 0 Å². The molecular weight excluding hydrogens is 647 g/mol. The molecule has 0 amide bonds. The monoisotopic (exact) mass is 682 g/mol. The van der Waals surface area contributed by atoms with E-state index >= 15 is 0 Å². The number of hydrogen-bond donors (Lipinski definition) is 0. The zero-order valence-electron chi connectivity index (χ0n) is 24.9. The van der Waals surface area contributed by atoms with Crippen LogP contribution in [0.1, 0.15) is 5.56 Å². The largest absolute Gasteiger partial charge is 0.0622 e. The van der Waals surface area contributed by atoms with Crippen molar-refractivity contribution in [2.75, 3.05) is 0 Å². The van der Waals surface area contributed by atoms with Crippen LogP contribution in [0.25, 0.3) is 5.57 Å². The molecule has 0 N–H and O–H groups in total. The summed E-state index contributed by atoms with van der Waals surface area (Å²) in [5.41, 5.74) is 3.72. The maximum Gasteiger partial charge on any atom is 0.0130 e. The Kier molecular flexibility index (Phi) is 18.8. The molecule has 45 heavy (non-hydrogen) atoms. The summed E-state index contributed by atoms with van der Waals surface area (Å²) in [5.74, 6) is 4.96. The van der Waals surface area contributed by atoms with Gasteiger partial charge in [0.1, 0.15) is 0 Å². The minimum absolute atomic E-state index is 0. The standard InChI is InChI=1S/C32H25P.2C5H5.2Fe/c1-4-16-27(17-5-1)32(28-18-12-13-19-28)24-29(26-14-10-11-15-26)25-33(30-20-6-2-7-21-30)31-22-8-3-9-23-31;2*1-2-4-5-3-1;;/h1-25H;2*1-5H;;/b29-25+,32-24+;;;;. The molecule has 224 valence electrons. The maximum absolute atomic E-state index is 2.47. The second kappa shape index (κ2) is 22.2. The summed E-state index contributed by atoms with van der Waals surface area (Å²) in [7, 11) is -0.659. The van der Waals surface area contributed by atoms with Crippen molar-refractivity contribution in [2.24, 2.45) is 0 Å². The molecule has 0 aliphatic heterocycles. The van der Waals surface area contributed by atoms with Crippen molar-refractivity contribution in [3.63, 3.8) is 0 Å². The quantitative estimate of drug-likeness (QED) is 0.133. The molecule has 0 spiro atoms. The van der Waals surface area contributed by atoms with E-state index in [2.05, 4.69) is 154 Å². The van der Waals surface area contributed by atoms with Gasteiger partial charge in [-0.2, -0.15) is 0 Å². The van der Waals surface area contributed by atoms with Crippen LogP contribution in [0.5, 0.6) is 0 Å². The predicted molar refractivity (Wildman–Crippen MR) is 185 cm³/mol. The van der Waals surface area contributed by atoms with Crippen molar-refractivity contribution >= 4 is 24.1 Å². The van der Waals surface area contributed by atoms with Crippen LogP contribution in [-0.2, 0) is 34.1 Å². The Morgan fingerprint density at radius 2 is 0.756 bits per heavy atom. The summed E-state index contributed by atoms with van der Waals surface area (Å²) in [6.07, 6.45) is 39.6. The van der Waals surface area contributed by atoms with Gasteiger partial charge in [0.05, 0.1) is 0 Å². The van der Waals surface area contributed by atoms with E-state index in [1.165, 1.54) is 39.2 Å². The SMILES string of the molecule is [CH]1[CH][CH][CH][CH]1.[CH]1[CH][CH][CH][CH]1.[CH]1[CH][CH][C](C(=C/P(c2ccccc2)c2ccccc2)/C=C(/[C]2[CH][CH][CH][CH]2)c2ccccc2)[CH]1.[Fe].[Fe]. The summed E-state index contributed by atoms with van der Waals surface area (Å²) < 4.78 is 0. The van der Waals surface area contributed by atoms with Crippen molar-refractivity contribution in [2.45, 2.75) is 0 Å². The fourth-order valence-corrected chi connectivity index (χ4v) is 6.76. The van der Waals surface area contributed by atoms with Crippen molar-refractivity contribution in [1.82, 2.24) is 0 Å². The van der Waals surface area contributed by atoms with Crippen molar-refractivity contribution in [3.05, 3.63) is 241 Å². The van der Waals surface area contributed by atoms with E-state index in [1.54, 1.807) is 0 Å². The van der Waals surface area contributed by atoms with E-state index in [0.29, 0.717) is 0 Å². The Balaban J connectivity index is 0.000000392. The molecule has 0 saturated heterocycles. The van der Waals surface area contributed by atoms with Crippen LogP contribution in [0.4, 0.5) is 0 Å². The molecule has 3 heteroatoms. The summed E-state index contributed by atoms with van der Waals surface area (Å²) in [4.78, 5) is 0. The van der Waals surface area contributed by atoms with Crippen LogP contribution in [0.3, 0.4) is 0 Å². The van der Waals surface area contributed by atoms with Gasteiger partial charge in [0.2, 0.25) is 0 Å². The Labute approximate surface area is 298 Å². The third-order valence-electron chi connectivity index (χ3n) is 6.80. The molecule has 3 aromatic carbocycles. The summed E-state index contributed by atoms with van der Waals surface area (Å²) in [6, 6.07) is 32.4. The molecule has 7 rings (SSSR count). The molecule has 20 radical (unpaired) electrons. The van der Waals surface area contributed by atoms with Gasteiger partial charge < -0.3 is 0 Å². The van der Waals surface area contributed by atoms with E-state index < -0.39 is 7.92 Å². The van der Waals surface area contributed by atoms with Gasteiger partial charge in [-0.15, -0.1) is 0 Å². The smallest absolute Gasteiger partial charge is 0.0130 e. The normalized spacial score (nSPS) is 18.8. The molecule has 0 atom stereocenters. The van der Waals surface area contributed by atoms with Crippen molar-refractivity contribution < 1.29 is 34.1 Å². The Hall–Kier alpha value is -1.39. The number of hydrogen-bond acceptors (Lipinski definition) is 0. The fraction of sp³-hybridized carbons (Fsp3) is 0. The third kappa shape index (κ3) is 12.6. The predicted octanol–water partition coefficient (Wildman–Crippen LogP) is 8.94. The molecule has 4 aliphatic carbocycles. The van der Waals surface area contributed by atoms with Crippen LogP contribution in [-0.4, -0.2) is 0 Å². The van der Waals surface area contributed by atoms with Gasteiger partial charge in [0, 0.05) is 46.0 Å². The zero-order valence-corrected chi connectivity index (χ0v) is 28.0. The molecule has 0 aromatic heterocycles. The van der Waals surface area contributed by atoms with E-state index in [9.17, 15) is 0 Å². The molecule has 4 saturated carbocycles. The van der Waals surface area contributed by atoms with Gasteiger partial charge >= 0.3 is 0 Å². The average Bonchev–Trinajstić information content (AvgIpc) is 3.92. The van der Waals surface area contributed by atoms with E-state index in [4.69, 9.17) is 0 Å². The van der Waals surface area contributed by atoms with Gasteiger partial charge in [-0.1, -0.05) is 97.1 Å². The second-order valence-corrected chi connectivity index (χ2v) is 11.9. The molecule has 0 nitrogen and oxygen atoms in total. The van der Waals surface area contributed by atoms with Gasteiger partial charge in [-0.25, -0.2) is 0 Å². The molecular formula is C42H35Fe2P. The Bertz CT molecular complexity index is 1150. The van der Waals surface area contributed by atoms with Gasteiger partial charge in [-0.3, -0.25) is 0 Å². The first-order valence-electron chi connectivity index (χ1n) is 14.5. The average molecular weight is 682 g/mol. The second-order valence-electron chi connectivity index (χ2n) is 9.82. The maximum atomic E-state index is 2.47. The van der Waals surface area contributed by atoms with Crippen LogP contribution in [0.15, 0.2) is 108 Å². The number of benzene rings is 3. The third-order valence-corrected chi connectivity index (χ3v) is 9.05. The molecule has 0 bridgehead atoms. The first kappa shape index (κ1) is 38.1. The van der Waals surface area contributed by atoms with Gasteiger partial charge in [-0.05, 0) is 157 Å². The van der Waals surface area contributed by atoms with Crippen LogP contribution >= 0.6 is 7.92 Å². The number of allylic oxidation sites excluding steroid dienone is 3. The van der Waals surface area contributed by atoms with Gasteiger partial charge in [0.15, 0.2) is 0 Å². The topological polar surface area (TPSA) is 0 Å². The first-order chi connectivity index (χ1) is 21.4. The molecule has 0 heterocycles. The minimum atomic E-state index is -0.659. The summed E-state index contributed by atoms with van der Waals surface area (Å²) >= 11 is 0. The zero-order chi connectivity index (χ0) is 29.4. The van der Waals surface area contributed by atoms with Crippen LogP contribution in [0, 0.1) is 127 Å². The molecule has 4 fully saturated rings. The van der Waals surface area contributed by atoms with Gasteiger partial charge in [0.25, 0.3) is 0 Å². The van der Waals surface area contributed by atoms with E-state index in [-0.39, 0.29) is 34.1 Å². The summed E-state index contributed by atoms with van der Waals surface area (Å²) in [5, 5.41) is 2.71. The van der Waals surface area contributed by atoms with E-state index in [0.717, 1.165) is 0 Å². The molecule has 0 unspecified atom stereocenters. The minimum Gasteiger partial charge on any atom is -0.0622 e. The molecule has 3 aromatic rings. The summed E-state index contributed by atoms with van der Waals surface area (Å²) in [6.45, 7) is 0. The van der Waals surface area contributed by atoms with Crippen molar-refractivity contribution in [3.8, 4) is 0 Å². The van der Waals surface area contributed by atoms with E-state index in [1.807, 2.05) is 64.2 Å². The first-order valence-corrected chi connectivity index (χ1v) is 16.0. The Morgan fingerprint density at radius 1 is 0.400 bits per heavy atom. The number of rotatable bonds is 7. The molecule has 4 aliphatic rings. The van der Waals surface area contributed by atoms with Crippen LogP contribution < -0.4 is 10.6 Å². The fourth-order valence-electron chi connectivity index (χ4n) is 4.68.